The second-order valence-electron chi connectivity index (χ2n) is 6.41. The molecule has 1 aromatic carbocycles. The molecule has 2 unspecified atom stereocenters. The first-order valence-corrected chi connectivity index (χ1v) is 7.65. The number of hydrogen-bond donors (Lipinski definition) is 1. The van der Waals surface area contributed by atoms with Crippen molar-refractivity contribution in [2.75, 3.05) is 0 Å². The van der Waals surface area contributed by atoms with Crippen molar-refractivity contribution in [3.05, 3.63) is 29.8 Å². The van der Waals surface area contributed by atoms with E-state index in [-0.39, 0.29) is 0 Å². The van der Waals surface area contributed by atoms with Crippen LogP contribution in [0.4, 0.5) is 0 Å². The zero-order valence-electron chi connectivity index (χ0n) is 11.8. The molecule has 2 aliphatic carbocycles. The molecule has 2 heteroatoms. The molecule has 2 saturated carbocycles. The first-order valence-electron chi connectivity index (χ1n) is 7.65. The summed E-state index contributed by atoms with van der Waals surface area (Å²) >= 11 is 0. The summed E-state index contributed by atoms with van der Waals surface area (Å²) in [5, 5.41) is 11.0. The molecule has 1 N–H and O–H groups in total. The molecule has 104 valence electrons. The molecule has 2 nitrogen and oxygen atoms in total. The van der Waals surface area contributed by atoms with Crippen LogP contribution in [0.5, 0.6) is 5.75 Å². The van der Waals surface area contributed by atoms with Crippen LogP contribution < -0.4 is 4.74 Å². The Bertz CT molecular complexity index is 439. The SMILES string of the molecule is CC1CCCC(O)(c2cccc(OC3CC3)c2)CC1. The number of hydrogen-bond acceptors (Lipinski definition) is 2. The Morgan fingerprint density at radius 2 is 2.00 bits per heavy atom. The van der Waals surface area contributed by atoms with Crippen molar-refractivity contribution >= 4 is 0 Å². The summed E-state index contributed by atoms with van der Waals surface area (Å²) in [6.45, 7) is 2.29. The first-order chi connectivity index (χ1) is 9.16. The van der Waals surface area contributed by atoms with Gasteiger partial charge < -0.3 is 9.84 Å². The molecule has 0 amide bonds. The van der Waals surface area contributed by atoms with Crippen molar-refractivity contribution < 1.29 is 9.84 Å². The van der Waals surface area contributed by atoms with Gasteiger partial charge in [-0.3, -0.25) is 0 Å². The molecular weight excluding hydrogens is 236 g/mol. The van der Waals surface area contributed by atoms with Gasteiger partial charge in [0.2, 0.25) is 0 Å². The van der Waals surface area contributed by atoms with Crippen molar-refractivity contribution in [1.82, 2.24) is 0 Å². The third kappa shape index (κ3) is 3.11. The molecule has 0 bridgehead atoms. The van der Waals surface area contributed by atoms with Crippen LogP contribution in [0.25, 0.3) is 0 Å². The molecule has 0 radical (unpaired) electrons. The smallest absolute Gasteiger partial charge is 0.120 e. The van der Waals surface area contributed by atoms with Crippen molar-refractivity contribution in [3.63, 3.8) is 0 Å². The molecule has 0 saturated heterocycles. The van der Waals surface area contributed by atoms with Gasteiger partial charge in [-0.1, -0.05) is 25.5 Å². The molecule has 0 aromatic heterocycles. The Morgan fingerprint density at radius 1 is 1.16 bits per heavy atom. The molecule has 1 aromatic rings. The van der Waals surface area contributed by atoms with Crippen molar-refractivity contribution in [2.24, 2.45) is 5.92 Å². The van der Waals surface area contributed by atoms with E-state index in [1.807, 2.05) is 18.2 Å². The highest BCUT2D eigenvalue weighted by Crippen LogP contribution is 2.39. The largest absolute Gasteiger partial charge is 0.490 e. The lowest BCUT2D eigenvalue weighted by molar-refractivity contribution is 0.0196. The second-order valence-corrected chi connectivity index (χ2v) is 6.41. The fraction of sp³-hybridized carbons (Fsp3) is 0.647. The minimum absolute atomic E-state index is 0.416. The van der Waals surface area contributed by atoms with E-state index in [0.717, 1.165) is 42.9 Å². The molecule has 0 spiro atoms. The highest BCUT2D eigenvalue weighted by Gasteiger charge is 2.32. The maximum absolute atomic E-state index is 11.0. The maximum atomic E-state index is 11.0. The highest BCUT2D eigenvalue weighted by molar-refractivity contribution is 5.33. The summed E-state index contributed by atoms with van der Waals surface area (Å²) in [7, 11) is 0. The van der Waals surface area contributed by atoms with Crippen molar-refractivity contribution in [3.8, 4) is 5.75 Å². The molecule has 19 heavy (non-hydrogen) atoms. The fourth-order valence-electron chi connectivity index (χ4n) is 3.02. The van der Waals surface area contributed by atoms with Crippen molar-refractivity contribution in [1.29, 1.82) is 0 Å². The van der Waals surface area contributed by atoms with E-state index >= 15 is 0 Å². The van der Waals surface area contributed by atoms with Crippen LogP contribution in [0, 0.1) is 5.92 Å². The number of ether oxygens (including phenoxy) is 1. The number of rotatable bonds is 3. The van der Waals surface area contributed by atoms with Gasteiger partial charge in [-0.15, -0.1) is 0 Å². The summed E-state index contributed by atoms with van der Waals surface area (Å²) in [5.74, 6) is 1.66. The third-order valence-electron chi connectivity index (χ3n) is 4.54. The summed E-state index contributed by atoms with van der Waals surface area (Å²) < 4.78 is 5.84. The second kappa shape index (κ2) is 5.16. The minimum atomic E-state index is -0.645. The van der Waals surface area contributed by atoms with Crippen LogP contribution in [0.2, 0.25) is 0 Å². The van der Waals surface area contributed by atoms with Gasteiger partial charge in [0, 0.05) is 0 Å². The van der Waals surface area contributed by atoms with E-state index in [2.05, 4.69) is 13.0 Å². The maximum Gasteiger partial charge on any atom is 0.120 e. The number of aliphatic hydroxyl groups is 1. The van der Waals surface area contributed by atoms with Gasteiger partial charge in [0.1, 0.15) is 5.75 Å². The Hall–Kier alpha value is -1.02. The van der Waals surface area contributed by atoms with Gasteiger partial charge in [0.15, 0.2) is 0 Å². The highest BCUT2D eigenvalue weighted by atomic mass is 16.5. The number of benzene rings is 1. The lowest BCUT2D eigenvalue weighted by Crippen LogP contribution is -2.24. The first kappa shape index (κ1) is 13.0. The summed E-state index contributed by atoms with van der Waals surface area (Å²) in [6.07, 6.45) is 7.98. The van der Waals surface area contributed by atoms with E-state index in [0.29, 0.717) is 6.10 Å². The van der Waals surface area contributed by atoms with Crippen LogP contribution in [-0.2, 0) is 5.60 Å². The minimum Gasteiger partial charge on any atom is -0.490 e. The quantitative estimate of drug-likeness (QED) is 0.832. The Morgan fingerprint density at radius 3 is 2.79 bits per heavy atom. The predicted octanol–water partition coefficient (Wildman–Crippen LogP) is 4.02. The van der Waals surface area contributed by atoms with Crippen LogP contribution in [0.1, 0.15) is 57.4 Å². The van der Waals surface area contributed by atoms with E-state index in [4.69, 9.17) is 4.74 Å². The molecule has 2 fully saturated rings. The van der Waals surface area contributed by atoms with Gasteiger partial charge in [-0.2, -0.15) is 0 Å². The molecule has 0 aliphatic heterocycles. The summed E-state index contributed by atoms with van der Waals surface area (Å²) in [4.78, 5) is 0. The molecule has 3 rings (SSSR count). The Kier molecular flexibility index (Phi) is 3.53. The predicted molar refractivity (Wildman–Crippen MR) is 76.2 cm³/mol. The van der Waals surface area contributed by atoms with Crippen LogP contribution >= 0.6 is 0 Å². The molecule has 2 aliphatic rings. The average molecular weight is 260 g/mol. The fourth-order valence-corrected chi connectivity index (χ4v) is 3.02. The Labute approximate surface area is 115 Å². The topological polar surface area (TPSA) is 29.5 Å². The lowest BCUT2D eigenvalue weighted by atomic mass is 9.86. The molecule has 0 heterocycles. The zero-order valence-corrected chi connectivity index (χ0v) is 11.8. The molecular formula is C17H24O2. The van der Waals surface area contributed by atoms with Crippen LogP contribution in [0.15, 0.2) is 24.3 Å². The average Bonchev–Trinajstić information content (AvgIpc) is 3.21. The van der Waals surface area contributed by atoms with Gasteiger partial charge in [-0.05, 0) is 62.1 Å². The van der Waals surface area contributed by atoms with Crippen LogP contribution in [-0.4, -0.2) is 11.2 Å². The Balaban J connectivity index is 1.78. The summed E-state index contributed by atoms with van der Waals surface area (Å²) in [6, 6.07) is 8.12. The van der Waals surface area contributed by atoms with Gasteiger partial charge in [-0.25, -0.2) is 0 Å². The monoisotopic (exact) mass is 260 g/mol. The normalized spacial score (nSPS) is 31.8. The van der Waals surface area contributed by atoms with E-state index in [9.17, 15) is 5.11 Å². The van der Waals surface area contributed by atoms with E-state index in [1.165, 1.54) is 19.3 Å². The summed E-state index contributed by atoms with van der Waals surface area (Å²) in [5.41, 5.74) is 0.396. The lowest BCUT2D eigenvalue weighted by Gasteiger charge is -2.27. The standard InChI is InChI=1S/C17H24O2/c1-13-4-3-10-17(18,11-9-13)14-5-2-6-16(12-14)19-15-7-8-15/h2,5-6,12-13,15,18H,3-4,7-11H2,1H3. The van der Waals surface area contributed by atoms with Crippen LogP contribution in [0.3, 0.4) is 0 Å². The van der Waals surface area contributed by atoms with Gasteiger partial charge in [0.25, 0.3) is 0 Å². The van der Waals surface area contributed by atoms with Gasteiger partial charge >= 0.3 is 0 Å². The van der Waals surface area contributed by atoms with E-state index < -0.39 is 5.60 Å². The van der Waals surface area contributed by atoms with Gasteiger partial charge in [0.05, 0.1) is 11.7 Å². The molecule has 2 atom stereocenters. The third-order valence-corrected chi connectivity index (χ3v) is 4.54. The van der Waals surface area contributed by atoms with E-state index in [1.54, 1.807) is 0 Å². The zero-order chi connectivity index (χ0) is 13.3. The van der Waals surface area contributed by atoms with Crippen molar-refractivity contribution in [2.45, 2.75) is 63.6 Å².